The third kappa shape index (κ3) is 4.11. The maximum atomic E-state index is 11.5. The average molecular weight is 207 g/mol. The Kier molecular flexibility index (Phi) is 3.83. The predicted octanol–water partition coefficient (Wildman–Crippen LogP) is 2.10. The number of H-pyrrole nitrogens is 1. The molecule has 15 heavy (non-hydrogen) atoms. The molecule has 1 aromatic rings. The highest BCUT2D eigenvalue weighted by Crippen LogP contribution is 2.06. The van der Waals surface area contributed by atoms with Gasteiger partial charge in [-0.3, -0.25) is 0 Å². The van der Waals surface area contributed by atoms with Gasteiger partial charge in [0.2, 0.25) is 0 Å². The molecule has 3 nitrogen and oxygen atoms in total. The van der Waals surface area contributed by atoms with E-state index in [1.165, 1.54) is 0 Å². The van der Waals surface area contributed by atoms with E-state index in [0.29, 0.717) is 12.3 Å². The van der Waals surface area contributed by atoms with E-state index in [4.69, 9.17) is 0 Å². The van der Waals surface area contributed by atoms with Crippen molar-refractivity contribution < 1.29 is 9.78 Å². The number of carbonyl (C=O) groups is 1. The molecule has 1 heterocycles. The molecule has 2 N–H and O–H groups in total. The van der Waals surface area contributed by atoms with Gasteiger partial charge >= 0.3 is 5.91 Å². The molecular weight excluding hydrogens is 188 g/mol. The lowest BCUT2D eigenvalue weighted by Crippen LogP contribution is -2.22. The number of rotatable bonds is 3. The Morgan fingerprint density at radius 3 is 2.60 bits per heavy atom. The van der Waals surface area contributed by atoms with Crippen LogP contribution in [0, 0.1) is 19.8 Å². The molecule has 0 fully saturated rings. The van der Waals surface area contributed by atoms with Gasteiger partial charge in [-0.2, -0.15) is 0 Å². The molecule has 0 radical (unpaired) electrons. The van der Waals surface area contributed by atoms with Crippen molar-refractivity contribution in [3.05, 3.63) is 23.4 Å². The summed E-state index contributed by atoms with van der Waals surface area (Å²) in [5, 5.41) is 2.86. The van der Waals surface area contributed by atoms with Gasteiger partial charge in [0.25, 0.3) is 5.82 Å². The van der Waals surface area contributed by atoms with Crippen LogP contribution in [0.3, 0.4) is 0 Å². The van der Waals surface area contributed by atoms with Crippen molar-refractivity contribution >= 4 is 11.7 Å². The molecule has 0 bridgehead atoms. The second-order valence-electron chi connectivity index (χ2n) is 4.40. The number of nitrogens with one attached hydrogen (secondary N) is 2. The van der Waals surface area contributed by atoms with Crippen LogP contribution in [0.2, 0.25) is 0 Å². The molecule has 0 aromatic carbocycles. The van der Waals surface area contributed by atoms with Gasteiger partial charge in [0.15, 0.2) is 0 Å². The minimum atomic E-state index is 0.0613. The Balaban J connectivity index is 2.68. The number of pyridine rings is 1. The van der Waals surface area contributed by atoms with E-state index in [1.807, 2.05) is 39.8 Å². The summed E-state index contributed by atoms with van der Waals surface area (Å²) in [4.78, 5) is 14.6. The van der Waals surface area contributed by atoms with Gasteiger partial charge in [-0.05, 0) is 31.4 Å². The fourth-order valence-electron chi connectivity index (χ4n) is 1.53. The van der Waals surface area contributed by atoms with Gasteiger partial charge in [0.05, 0.1) is 12.1 Å². The first-order chi connectivity index (χ1) is 6.97. The highest BCUT2D eigenvalue weighted by atomic mass is 16.1. The van der Waals surface area contributed by atoms with Crippen LogP contribution in [0.5, 0.6) is 0 Å². The van der Waals surface area contributed by atoms with Crippen molar-refractivity contribution in [1.29, 1.82) is 0 Å². The van der Waals surface area contributed by atoms with Crippen LogP contribution >= 0.6 is 0 Å². The largest absolute Gasteiger partial charge is 0.307 e. The normalized spacial score (nSPS) is 10.5. The summed E-state index contributed by atoms with van der Waals surface area (Å²) in [6.07, 6.45) is 0.556. The Bertz CT molecular complexity index is 338. The molecule has 1 aromatic heterocycles. The fourth-order valence-corrected chi connectivity index (χ4v) is 1.53. The molecular formula is C12H19N2O+. The standard InChI is InChI=1S/C12H18N2O/c1-8(2)5-12(15)14-11-7-9(3)6-10(4)13-11/h6-8H,5H2,1-4H3,(H,13,14,15)/p+1. The summed E-state index contributed by atoms with van der Waals surface area (Å²) in [7, 11) is 0. The zero-order valence-electron chi connectivity index (χ0n) is 9.85. The molecule has 0 saturated heterocycles. The molecule has 1 rings (SSSR count). The van der Waals surface area contributed by atoms with Crippen molar-refractivity contribution in [3.63, 3.8) is 0 Å². The summed E-state index contributed by atoms with van der Waals surface area (Å²) in [6.45, 7) is 8.06. The van der Waals surface area contributed by atoms with Crippen molar-refractivity contribution in [3.8, 4) is 0 Å². The van der Waals surface area contributed by atoms with Gasteiger partial charge in [0, 0.05) is 6.07 Å². The summed E-state index contributed by atoms with van der Waals surface area (Å²) < 4.78 is 0. The molecule has 0 saturated carbocycles. The van der Waals surface area contributed by atoms with Crippen LogP contribution in [-0.4, -0.2) is 5.91 Å². The third-order valence-corrected chi connectivity index (χ3v) is 2.02. The molecule has 3 heteroatoms. The molecule has 82 valence electrons. The van der Waals surface area contributed by atoms with E-state index in [9.17, 15) is 4.79 Å². The molecule has 0 unspecified atom stereocenters. The van der Waals surface area contributed by atoms with E-state index in [1.54, 1.807) is 0 Å². The zero-order chi connectivity index (χ0) is 11.4. The summed E-state index contributed by atoms with van der Waals surface area (Å²) in [5.41, 5.74) is 2.20. The van der Waals surface area contributed by atoms with Gasteiger partial charge in [0.1, 0.15) is 0 Å². The predicted molar refractivity (Wildman–Crippen MR) is 60.6 cm³/mol. The first-order valence-corrected chi connectivity index (χ1v) is 5.28. The lowest BCUT2D eigenvalue weighted by atomic mass is 10.1. The van der Waals surface area contributed by atoms with Crippen LogP contribution in [0.4, 0.5) is 5.82 Å². The van der Waals surface area contributed by atoms with Crippen LogP contribution in [-0.2, 0) is 4.79 Å². The number of aryl methyl sites for hydroxylation is 2. The lowest BCUT2D eigenvalue weighted by molar-refractivity contribution is -0.370. The van der Waals surface area contributed by atoms with E-state index in [0.717, 1.165) is 17.1 Å². The van der Waals surface area contributed by atoms with Gasteiger partial charge in [-0.1, -0.05) is 13.8 Å². The molecule has 0 aliphatic rings. The summed E-state index contributed by atoms with van der Waals surface area (Å²) >= 11 is 0. The quantitative estimate of drug-likeness (QED) is 0.810. The minimum Gasteiger partial charge on any atom is -0.247 e. The second-order valence-corrected chi connectivity index (χ2v) is 4.40. The number of aromatic nitrogens is 1. The Labute approximate surface area is 90.9 Å². The molecule has 0 spiro atoms. The lowest BCUT2D eigenvalue weighted by Gasteiger charge is -2.02. The zero-order valence-corrected chi connectivity index (χ0v) is 9.85. The first-order valence-electron chi connectivity index (χ1n) is 5.28. The van der Waals surface area contributed by atoms with Crippen molar-refractivity contribution in [1.82, 2.24) is 0 Å². The van der Waals surface area contributed by atoms with Crippen LogP contribution in [0.15, 0.2) is 12.1 Å². The SMILES string of the molecule is Cc1cc(C)[nH+]c(NC(=O)CC(C)C)c1. The number of anilines is 1. The van der Waals surface area contributed by atoms with Crippen molar-refractivity contribution in [2.45, 2.75) is 34.1 Å². The smallest absolute Gasteiger partial charge is 0.247 e. The van der Waals surface area contributed by atoms with E-state index in [2.05, 4.69) is 10.3 Å². The van der Waals surface area contributed by atoms with Gasteiger partial charge < -0.3 is 0 Å². The van der Waals surface area contributed by atoms with Crippen LogP contribution in [0.25, 0.3) is 0 Å². The number of hydrogen-bond donors (Lipinski definition) is 1. The Morgan fingerprint density at radius 1 is 1.40 bits per heavy atom. The highest BCUT2D eigenvalue weighted by Gasteiger charge is 2.12. The number of carbonyl (C=O) groups excluding carboxylic acids is 1. The van der Waals surface area contributed by atoms with Crippen molar-refractivity contribution in [2.24, 2.45) is 5.92 Å². The monoisotopic (exact) mass is 207 g/mol. The molecule has 1 amide bonds. The topological polar surface area (TPSA) is 43.2 Å². The molecule has 0 atom stereocenters. The number of aromatic amines is 1. The number of hydrogen-bond acceptors (Lipinski definition) is 1. The van der Waals surface area contributed by atoms with E-state index < -0.39 is 0 Å². The Morgan fingerprint density at radius 2 is 2.07 bits per heavy atom. The minimum absolute atomic E-state index is 0.0613. The second kappa shape index (κ2) is 4.91. The van der Waals surface area contributed by atoms with Gasteiger partial charge in [-0.15, -0.1) is 0 Å². The first kappa shape index (κ1) is 11.7. The van der Waals surface area contributed by atoms with E-state index in [-0.39, 0.29) is 5.91 Å². The van der Waals surface area contributed by atoms with Crippen LogP contribution < -0.4 is 10.3 Å². The maximum absolute atomic E-state index is 11.5. The molecule has 0 aliphatic heterocycles. The molecule has 0 aliphatic carbocycles. The fraction of sp³-hybridized carbons (Fsp3) is 0.500. The van der Waals surface area contributed by atoms with Crippen LogP contribution in [0.1, 0.15) is 31.5 Å². The van der Waals surface area contributed by atoms with Gasteiger partial charge in [-0.25, -0.2) is 15.1 Å². The third-order valence-electron chi connectivity index (χ3n) is 2.02. The summed E-state index contributed by atoms with van der Waals surface area (Å²) in [5.74, 6) is 1.22. The number of amides is 1. The van der Waals surface area contributed by atoms with E-state index >= 15 is 0 Å². The highest BCUT2D eigenvalue weighted by molar-refractivity contribution is 5.89. The average Bonchev–Trinajstić information content (AvgIpc) is 1.98. The van der Waals surface area contributed by atoms with Crippen molar-refractivity contribution in [2.75, 3.05) is 5.32 Å². The Hall–Kier alpha value is -1.38. The summed E-state index contributed by atoms with van der Waals surface area (Å²) in [6, 6.07) is 3.98. The maximum Gasteiger partial charge on any atom is 0.307 e.